The molecule has 0 aromatic carbocycles. The minimum Gasteiger partial charge on any atom is -0.377 e. The van der Waals surface area contributed by atoms with Gasteiger partial charge in [-0.1, -0.05) is 0 Å². The first-order valence-corrected chi connectivity index (χ1v) is 11.8. The molecule has 3 aromatic rings. The van der Waals surface area contributed by atoms with Crippen LogP contribution in [0.4, 0.5) is 5.82 Å². The van der Waals surface area contributed by atoms with Gasteiger partial charge < -0.3 is 14.6 Å². The fraction of sp³-hybridized carbons (Fsp3) is 0.450. The number of ether oxygens (including phenoxy) is 1. The van der Waals surface area contributed by atoms with Crippen molar-refractivity contribution in [1.29, 1.82) is 4.78 Å². The average Bonchev–Trinajstić information content (AvgIpc) is 3.38. The summed E-state index contributed by atoms with van der Waals surface area (Å²) in [4.78, 5) is 19.5. The fourth-order valence-electron chi connectivity index (χ4n) is 4.11. The number of pyridine rings is 1. The quantitative estimate of drug-likeness (QED) is 0.682. The van der Waals surface area contributed by atoms with Crippen LogP contribution in [-0.2, 0) is 14.5 Å². The molecule has 2 N–H and O–H groups in total. The molecule has 4 heterocycles. The van der Waals surface area contributed by atoms with Gasteiger partial charge in [-0.05, 0) is 25.5 Å². The van der Waals surface area contributed by atoms with Crippen LogP contribution in [0.2, 0.25) is 0 Å². The van der Waals surface area contributed by atoms with Crippen LogP contribution in [-0.4, -0.2) is 61.5 Å². The summed E-state index contributed by atoms with van der Waals surface area (Å²) in [5.74, 6) is 1.55. The summed E-state index contributed by atoms with van der Waals surface area (Å²) < 4.78 is 25.8. The molecule has 2 fully saturated rings. The van der Waals surface area contributed by atoms with Gasteiger partial charge >= 0.3 is 0 Å². The SMILES string of the molecule is C[C@@H]1COCCN1c1cc([C@@H]2C[C@@H]2[S@](C)(=N)=O)nc(-c2ccnc3[nH]ccc23)n1. The molecule has 9 heteroatoms. The van der Waals surface area contributed by atoms with Gasteiger partial charge in [-0.25, -0.2) is 19.2 Å². The van der Waals surface area contributed by atoms with E-state index in [0.29, 0.717) is 19.0 Å². The van der Waals surface area contributed by atoms with Crippen molar-refractivity contribution in [3.05, 3.63) is 36.3 Å². The van der Waals surface area contributed by atoms with E-state index in [4.69, 9.17) is 19.5 Å². The molecule has 0 unspecified atom stereocenters. The van der Waals surface area contributed by atoms with Crippen molar-refractivity contribution >= 4 is 26.6 Å². The maximum absolute atomic E-state index is 12.3. The highest BCUT2D eigenvalue weighted by atomic mass is 32.2. The van der Waals surface area contributed by atoms with E-state index in [1.54, 1.807) is 6.20 Å². The molecular weight excluding hydrogens is 388 g/mol. The third-order valence-corrected chi connectivity index (χ3v) is 7.46. The monoisotopic (exact) mass is 412 g/mol. The predicted molar refractivity (Wildman–Crippen MR) is 113 cm³/mol. The van der Waals surface area contributed by atoms with E-state index >= 15 is 0 Å². The standard InChI is InChI=1S/C20H24N6O2S/c1-12-11-28-8-7-26(12)18-10-16(15-9-17(15)29(2,21)27)24-20(25-18)14-4-6-23-19-13(14)3-5-22-19/h3-6,10,12,15,17,21H,7-9,11H2,1-2H3,(H,22,23)/t12-,15+,17+,29-/m1/s1. The highest BCUT2D eigenvalue weighted by Gasteiger charge is 2.45. The minimum absolute atomic E-state index is 0.0467. The molecule has 29 heavy (non-hydrogen) atoms. The lowest BCUT2D eigenvalue weighted by molar-refractivity contribution is 0.0985. The van der Waals surface area contributed by atoms with Crippen molar-refractivity contribution in [2.24, 2.45) is 0 Å². The molecule has 5 rings (SSSR count). The molecule has 1 aliphatic carbocycles. The van der Waals surface area contributed by atoms with Gasteiger partial charge in [0.2, 0.25) is 0 Å². The molecule has 0 bridgehead atoms. The number of aromatic nitrogens is 4. The van der Waals surface area contributed by atoms with Gasteiger partial charge in [0.15, 0.2) is 5.82 Å². The maximum atomic E-state index is 12.3. The number of nitrogens with one attached hydrogen (secondary N) is 2. The Morgan fingerprint density at radius 1 is 1.34 bits per heavy atom. The summed E-state index contributed by atoms with van der Waals surface area (Å²) in [6, 6.07) is 6.13. The molecule has 1 saturated carbocycles. The lowest BCUT2D eigenvalue weighted by atomic mass is 10.1. The molecule has 2 aliphatic rings. The van der Waals surface area contributed by atoms with Gasteiger partial charge in [0, 0.05) is 57.9 Å². The van der Waals surface area contributed by atoms with Gasteiger partial charge in [0.1, 0.15) is 11.5 Å². The lowest BCUT2D eigenvalue weighted by Crippen LogP contribution is -2.44. The Hall–Kier alpha value is -2.52. The Labute approximate surface area is 169 Å². The van der Waals surface area contributed by atoms with E-state index in [9.17, 15) is 4.21 Å². The molecular formula is C20H24N6O2S. The molecule has 3 aromatic heterocycles. The number of hydrogen-bond donors (Lipinski definition) is 2. The van der Waals surface area contributed by atoms with Crippen molar-refractivity contribution in [3.8, 4) is 11.4 Å². The first kappa shape index (κ1) is 18.5. The zero-order valence-electron chi connectivity index (χ0n) is 16.5. The summed E-state index contributed by atoms with van der Waals surface area (Å²) in [6.45, 7) is 4.22. The lowest BCUT2D eigenvalue weighted by Gasteiger charge is -2.34. The largest absolute Gasteiger partial charge is 0.377 e. The predicted octanol–water partition coefficient (Wildman–Crippen LogP) is 2.78. The highest BCUT2D eigenvalue weighted by Crippen LogP contribution is 2.46. The van der Waals surface area contributed by atoms with E-state index in [1.807, 2.05) is 24.4 Å². The second kappa shape index (κ2) is 6.77. The van der Waals surface area contributed by atoms with Crippen LogP contribution < -0.4 is 4.90 Å². The molecule has 152 valence electrons. The van der Waals surface area contributed by atoms with Gasteiger partial charge in [-0.3, -0.25) is 4.78 Å². The van der Waals surface area contributed by atoms with Gasteiger partial charge in [-0.15, -0.1) is 0 Å². The molecule has 0 spiro atoms. The van der Waals surface area contributed by atoms with Gasteiger partial charge in [0.05, 0.1) is 30.2 Å². The number of fused-ring (bicyclic) bond motifs is 1. The first-order chi connectivity index (χ1) is 13.9. The van der Waals surface area contributed by atoms with E-state index in [0.717, 1.165) is 41.1 Å². The fourth-order valence-corrected chi connectivity index (χ4v) is 5.45. The number of rotatable bonds is 4. The smallest absolute Gasteiger partial charge is 0.162 e. The average molecular weight is 413 g/mol. The Bertz CT molecular complexity index is 1170. The van der Waals surface area contributed by atoms with Crippen LogP contribution in [0.3, 0.4) is 0 Å². The van der Waals surface area contributed by atoms with Gasteiger partial charge in [-0.2, -0.15) is 0 Å². The second-order valence-corrected chi connectivity index (χ2v) is 10.4. The Morgan fingerprint density at radius 3 is 2.97 bits per heavy atom. The Kier molecular flexibility index (Phi) is 4.32. The summed E-state index contributed by atoms with van der Waals surface area (Å²) in [5, 5.41) is 0.836. The van der Waals surface area contributed by atoms with Gasteiger partial charge in [0.25, 0.3) is 0 Å². The molecule has 0 radical (unpaired) electrons. The third kappa shape index (κ3) is 3.38. The number of morpholine rings is 1. The number of anilines is 1. The van der Waals surface area contributed by atoms with Crippen LogP contribution in [0.5, 0.6) is 0 Å². The van der Waals surface area contributed by atoms with Crippen LogP contribution in [0.1, 0.15) is 25.0 Å². The third-order valence-electron chi connectivity index (χ3n) is 5.78. The zero-order valence-corrected chi connectivity index (χ0v) is 17.3. The zero-order chi connectivity index (χ0) is 20.2. The summed E-state index contributed by atoms with van der Waals surface area (Å²) in [5.41, 5.74) is 2.58. The molecule has 1 saturated heterocycles. The van der Waals surface area contributed by atoms with Crippen LogP contribution in [0.15, 0.2) is 30.6 Å². The Balaban J connectivity index is 1.63. The van der Waals surface area contributed by atoms with Crippen molar-refractivity contribution in [3.63, 3.8) is 0 Å². The highest BCUT2D eigenvalue weighted by molar-refractivity contribution is 7.92. The summed E-state index contributed by atoms with van der Waals surface area (Å²) in [7, 11) is -2.59. The topological polar surface area (TPSA) is 108 Å². The number of H-pyrrole nitrogens is 1. The van der Waals surface area contributed by atoms with Crippen molar-refractivity contribution in [1.82, 2.24) is 19.9 Å². The van der Waals surface area contributed by atoms with E-state index in [1.165, 1.54) is 6.26 Å². The first-order valence-electron chi connectivity index (χ1n) is 9.80. The van der Waals surface area contributed by atoms with Crippen LogP contribution in [0, 0.1) is 4.78 Å². The van der Waals surface area contributed by atoms with Crippen molar-refractivity contribution in [2.75, 3.05) is 30.9 Å². The van der Waals surface area contributed by atoms with Crippen molar-refractivity contribution < 1.29 is 8.95 Å². The number of hydrogen-bond acceptors (Lipinski definition) is 7. The van der Waals surface area contributed by atoms with E-state index < -0.39 is 9.73 Å². The van der Waals surface area contributed by atoms with E-state index in [2.05, 4.69) is 21.8 Å². The minimum atomic E-state index is -2.59. The second-order valence-electron chi connectivity index (χ2n) is 7.97. The normalized spacial score (nSPS) is 26.4. The molecule has 0 amide bonds. The summed E-state index contributed by atoms with van der Waals surface area (Å²) in [6.07, 6.45) is 5.88. The molecule has 1 aliphatic heterocycles. The summed E-state index contributed by atoms with van der Waals surface area (Å²) >= 11 is 0. The van der Waals surface area contributed by atoms with Crippen LogP contribution in [0.25, 0.3) is 22.4 Å². The number of aromatic amines is 1. The Morgan fingerprint density at radius 2 is 2.21 bits per heavy atom. The van der Waals surface area contributed by atoms with Crippen LogP contribution >= 0.6 is 0 Å². The molecule has 8 nitrogen and oxygen atoms in total. The number of nitrogens with zero attached hydrogens (tertiary/aromatic N) is 4. The van der Waals surface area contributed by atoms with Crippen molar-refractivity contribution in [2.45, 2.75) is 30.6 Å². The molecule has 4 atom stereocenters. The maximum Gasteiger partial charge on any atom is 0.162 e. The van der Waals surface area contributed by atoms with E-state index in [-0.39, 0.29) is 17.2 Å².